The fourth-order valence-electron chi connectivity index (χ4n) is 1.06. The summed E-state index contributed by atoms with van der Waals surface area (Å²) in [5.74, 6) is 0. The highest BCUT2D eigenvalue weighted by atomic mass is 19.4. The van der Waals surface area contributed by atoms with Crippen LogP contribution in [0.5, 0.6) is 0 Å². The third-order valence-electron chi connectivity index (χ3n) is 1.96. The summed E-state index contributed by atoms with van der Waals surface area (Å²) in [6, 6.07) is -0.239. The predicted octanol–water partition coefficient (Wildman–Crippen LogP) is 1.22. The predicted molar refractivity (Wildman–Crippen MR) is 49.2 cm³/mol. The smallest absolute Gasteiger partial charge is 0.323 e. The molecule has 1 atom stereocenters. The van der Waals surface area contributed by atoms with Gasteiger partial charge in [-0.2, -0.15) is 0 Å². The molecule has 1 aromatic heterocycles. The maximum atomic E-state index is 11.7. The number of aromatic nitrogens is 3. The van der Waals surface area contributed by atoms with Crippen LogP contribution >= 0.6 is 0 Å². The van der Waals surface area contributed by atoms with Crippen molar-refractivity contribution >= 4 is 0 Å². The normalized spacial score (nSPS) is 14.1. The van der Waals surface area contributed by atoms with Crippen molar-refractivity contribution in [2.75, 3.05) is 6.61 Å². The first kappa shape index (κ1) is 12.9. The molecule has 1 unspecified atom stereocenters. The molecule has 5 nitrogen and oxygen atoms in total. The monoisotopic (exact) mass is 238 g/mol. The topological polar surface area (TPSA) is 66.0 Å². The van der Waals surface area contributed by atoms with Crippen molar-refractivity contribution in [3.05, 3.63) is 11.9 Å². The van der Waals surface area contributed by atoms with Gasteiger partial charge in [-0.25, -0.2) is 4.68 Å². The number of alkyl halides is 3. The van der Waals surface area contributed by atoms with Gasteiger partial charge in [0.2, 0.25) is 0 Å². The second kappa shape index (κ2) is 5.26. The van der Waals surface area contributed by atoms with Gasteiger partial charge in [-0.1, -0.05) is 12.1 Å². The van der Waals surface area contributed by atoms with Crippen molar-refractivity contribution in [2.45, 2.75) is 32.3 Å². The van der Waals surface area contributed by atoms with Crippen molar-refractivity contribution in [3.63, 3.8) is 0 Å². The molecule has 16 heavy (non-hydrogen) atoms. The minimum Gasteiger partial charge on any atom is -0.323 e. The van der Waals surface area contributed by atoms with Crippen LogP contribution in [0.2, 0.25) is 0 Å². The summed E-state index contributed by atoms with van der Waals surface area (Å²) in [7, 11) is 0. The van der Waals surface area contributed by atoms with Crippen molar-refractivity contribution in [2.24, 2.45) is 5.73 Å². The van der Waals surface area contributed by atoms with E-state index in [-0.39, 0.29) is 12.6 Å². The highest BCUT2D eigenvalue weighted by molar-refractivity contribution is 4.98. The third kappa shape index (κ3) is 4.15. The van der Waals surface area contributed by atoms with Crippen LogP contribution in [0.4, 0.5) is 13.2 Å². The van der Waals surface area contributed by atoms with Gasteiger partial charge in [0.15, 0.2) is 0 Å². The van der Waals surface area contributed by atoms with Crippen LogP contribution < -0.4 is 5.73 Å². The Morgan fingerprint density at radius 3 is 2.81 bits per heavy atom. The molecule has 0 saturated carbocycles. The first-order valence-corrected chi connectivity index (χ1v) is 4.78. The molecule has 0 aliphatic rings. The van der Waals surface area contributed by atoms with Crippen molar-refractivity contribution in [1.29, 1.82) is 0 Å². The molecule has 0 amide bonds. The lowest BCUT2D eigenvalue weighted by Gasteiger charge is -2.06. The van der Waals surface area contributed by atoms with E-state index in [0.717, 1.165) is 0 Å². The Bertz CT molecular complexity index is 325. The van der Waals surface area contributed by atoms with Crippen LogP contribution in [0.3, 0.4) is 0 Å². The number of halogens is 3. The lowest BCUT2D eigenvalue weighted by Crippen LogP contribution is -2.17. The van der Waals surface area contributed by atoms with Gasteiger partial charge >= 0.3 is 6.36 Å². The summed E-state index contributed by atoms with van der Waals surface area (Å²) < 4.78 is 39.9. The van der Waals surface area contributed by atoms with Crippen LogP contribution in [0, 0.1) is 0 Å². The zero-order valence-corrected chi connectivity index (χ0v) is 8.74. The quantitative estimate of drug-likeness (QED) is 0.837. The van der Waals surface area contributed by atoms with Crippen LogP contribution in [0.15, 0.2) is 6.20 Å². The fourth-order valence-corrected chi connectivity index (χ4v) is 1.06. The molecular weight excluding hydrogens is 225 g/mol. The molecule has 0 aliphatic carbocycles. The van der Waals surface area contributed by atoms with Gasteiger partial charge < -0.3 is 5.73 Å². The molecule has 2 N–H and O–H groups in total. The molecule has 0 bridgehead atoms. The minimum atomic E-state index is -4.61. The Hall–Kier alpha value is -1.15. The van der Waals surface area contributed by atoms with Gasteiger partial charge in [0, 0.05) is 0 Å². The molecule has 0 saturated heterocycles. The molecule has 1 rings (SSSR count). The number of ether oxygens (including phenoxy) is 1. The molecular formula is C8H13F3N4O. The summed E-state index contributed by atoms with van der Waals surface area (Å²) in [5.41, 5.74) is 6.24. The summed E-state index contributed by atoms with van der Waals surface area (Å²) in [5, 5.41) is 7.40. The fraction of sp³-hybridized carbons (Fsp3) is 0.750. The molecule has 0 fully saturated rings. The Balaban J connectivity index is 2.41. The Morgan fingerprint density at radius 1 is 1.56 bits per heavy atom. The summed E-state index contributed by atoms with van der Waals surface area (Å²) in [6.07, 6.45) is -2.39. The zero-order valence-electron chi connectivity index (χ0n) is 8.74. The van der Waals surface area contributed by atoms with Crippen LogP contribution in [0.1, 0.15) is 25.1 Å². The van der Waals surface area contributed by atoms with Gasteiger partial charge in [-0.3, -0.25) is 4.74 Å². The molecule has 1 aromatic rings. The number of hydrogen-bond donors (Lipinski definition) is 1. The van der Waals surface area contributed by atoms with Gasteiger partial charge in [-0.05, 0) is 6.42 Å². The zero-order chi connectivity index (χ0) is 12.2. The van der Waals surface area contributed by atoms with Gasteiger partial charge in [0.05, 0.1) is 31.1 Å². The Kier molecular flexibility index (Phi) is 4.25. The maximum absolute atomic E-state index is 11.7. The lowest BCUT2D eigenvalue weighted by molar-refractivity contribution is -0.325. The maximum Gasteiger partial charge on any atom is 0.522 e. The second-order valence-electron chi connectivity index (χ2n) is 3.22. The minimum absolute atomic E-state index is 0.0110. The van der Waals surface area contributed by atoms with Crippen LogP contribution in [0.25, 0.3) is 0 Å². The first-order chi connectivity index (χ1) is 7.42. The van der Waals surface area contributed by atoms with Crippen LogP contribution in [-0.2, 0) is 11.3 Å². The van der Waals surface area contributed by atoms with E-state index in [0.29, 0.717) is 12.1 Å². The number of nitrogens with two attached hydrogens (primary N) is 1. The van der Waals surface area contributed by atoms with Crippen molar-refractivity contribution < 1.29 is 17.9 Å². The van der Waals surface area contributed by atoms with E-state index in [1.165, 1.54) is 10.9 Å². The highest BCUT2D eigenvalue weighted by Gasteiger charge is 2.28. The van der Waals surface area contributed by atoms with E-state index < -0.39 is 13.0 Å². The number of rotatable bonds is 5. The molecule has 1 heterocycles. The van der Waals surface area contributed by atoms with Gasteiger partial charge in [-0.15, -0.1) is 18.3 Å². The molecule has 0 aliphatic heterocycles. The molecule has 0 spiro atoms. The second-order valence-corrected chi connectivity index (χ2v) is 3.22. The first-order valence-electron chi connectivity index (χ1n) is 4.78. The van der Waals surface area contributed by atoms with E-state index in [1.807, 2.05) is 6.92 Å². The number of nitrogens with zero attached hydrogens (tertiary/aromatic N) is 3. The molecule has 0 radical (unpaired) electrons. The Morgan fingerprint density at radius 2 is 2.25 bits per heavy atom. The van der Waals surface area contributed by atoms with Crippen molar-refractivity contribution in [3.8, 4) is 0 Å². The largest absolute Gasteiger partial charge is 0.522 e. The van der Waals surface area contributed by atoms with Gasteiger partial charge in [0.25, 0.3) is 0 Å². The van der Waals surface area contributed by atoms with E-state index in [2.05, 4.69) is 15.0 Å². The van der Waals surface area contributed by atoms with E-state index in [9.17, 15) is 13.2 Å². The number of hydrogen-bond acceptors (Lipinski definition) is 4. The van der Waals surface area contributed by atoms with Gasteiger partial charge in [0.1, 0.15) is 0 Å². The van der Waals surface area contributed by atoms with Crippen LogP contribution in [-0.4, -0.2) is 28.0 Å². The molecule has 92 valence electrons. The third-order valence-corrected chi connectivity index (χ3v) is 1.96. The summed E-state index contributed by atoms with van der Waals surface area (Å²) in [6.45, 7) is 1.38. The standard InChI is InChI=1S/C8H13F3N4O/c1-2-6(12)7-5-15(14-13-7)3-4-16-8(9,10)11/h5-6H,2-4,12H2,1H3. The average Bonchev–Trinajstić information content (AvgIpc) is 2.63. The van der Waals surface area contributed by atoms with E-state index in [4.69, 9.17) is 5.73 Å². The average molecular weight is 238 g/mol. The molecule has 0 aromatic carbocycles. The lowest BCUT2D eigenvalue weighted by atomic mass is 10.2. The molecule has 8 heteroatoms. The SMILES string of the molecule is CCC(N)c1cn(CCOC(F)(F)F)nn1. The summed E-state index contributed by atoms with van der Waals surface area (Å²) >= 11 is 0. The summed E-state index contributed by atoms with van der Waals surface area (Å²) in [4.78, 5) is 0. The highest BCUT2D eigenvalue weighted by Crippen LogP contribution is 2.16. The van der Waals surface area contributed by atoms with E-state index >= 15 is 0 Å². The van der Waals surface area contributed by atoms with Crippen molar-refractivity contribution in [1.82, 2.24) is 15.0 Å². The van der Waals surface area contributed by atoms with E-state index in [1.54, 1.807) is 0 Å². The Labute approximate surface area is 90.4 Å².